The summed E-state index contributed by atoms with van der Waals surface area (Å²) in [6.45, 7) is 10.4. The molecule has 2 rings (SSSR count). The third kappa shape index (κ3) is 4.03. The number of hydrogen-bond donors (Lipinski definition) is 1. The Morgan fingerprint density at radius 2 is 2.25 bits per heavy atom. The summed E-state index contributed by atoms with van der Waals surface area (Å²) in [4.78, 5) is 7.11. The van der Waals surface area contributed by atoms with Gasteiger partial charge in [0.15, 0.2) is 0 Å². The van der Waals surface area contributed by atoms with E-state index in [0.717, 1.165) is 25.4 Å². The van der Waals surface area contributed by atoms with Crippen molar-refractivity contribution < 1.29 is 0 Å². The average Bonchev–Trinajstić information content (AvgIpc) is 2.52. The van der Waals surface area contributed by atoms with Gasteiger partial charge in [-0.2, -0.15) is 0 Å². The number of rotatable bonds is 6. The van der Waals surface area contributed by atoms with Crippen LogP contribution in [0.2, 0.25) is 0 Å². The summed E-state index contributed by atoms with van der Waals surface area (Å²) in [6.07, 6.45) is 5.43. The molecule has 20 heavy (non-hydrogen) atoms. The van der Waals surface area contributed by atoms with Crippen molar-refractivity contribution in [3.05, 3.63) is 30.1 Å². The van der Waals surface area contributed by atoms with E-state index in [1.54, 1.807) is 0 Å². The van der Waals surface area contributed by atoms with Gasteiger partial charge in [0, 0.05) is 50.0 Å². The standard InChI is InChI=1S/C17H29N3/c1-4-14(3)17-13-20(16(5-2)12-19-17)11-9-15-8-6-7-10-18-15/h6-8,10,14,16-17,19H,4-5,9,11-13H2,1-3H3. The summed E-state index contributed by atoms with van der Waals surface area (Å²) in [7, 11) is 0. The molecule has 0 bridgehead atoms. The lowest BCUT2D eigenvalue weighted by Gasteiger charge is -2.42. The van der Waals surface area contributed by atoms with Crippen LogP contribution in [0.4, 0.5) is 0 Å². The molecule has 1 aliphatic heterocycles. The van der Waals surface area contributed by atoms with E-state index in [-0.39, 0.29) is 0 Å². The van der Waals surface area contributed by atoms with Gasteiger partial charge in [-0.3, -0.25) is 9.88 Å². The zero-order chi connectivity index (χ0) is 14.4. The van der Waals surface area contributed by atoms with E-state index in [1.165, 1.54) is 25.1 Å². The highest BCUT2D eigenvalue weighted by atomic mass is 15.2. The van der Waals surface area contributed by atoms with Crippen LogP contribution in [0.5, 0.6) is 0 Å². The van der Waals surface area contributed by atoms with Gasteiger partial charge in [0.25, 0.3) is 0 Å². The molecule has 0 amide bonds. The molecule has 1 fully saturated rings. The predicted molar refractivity (Wildman–Crippen MR) is 84.8 cm³/mol. The fraction of sp³-hybridized carbons (Fsp3) is 0.706. The fourth-order valence-electron chi connectivity index (χ4n) is 3.03. The molecule has 1 aromatic heterocycles. The van der Waals surface area contributed by atoms with E-state index in [1.807, 2.05) is 12.3 Å². The molecular weight excluding hydrogens is 246 g/mol. The minimum Gasteiger partial charge on any atom is -0.311 e. The Labute approximate surface area is 123 Å². The second-order valence-electron chi connectivity index (χ2n) is 6.03. The van der Waals surface area contributed by atoms with Crippen LogP contribution in [-0.4, -0.2) is 41.6 Å². The van der Waals surface area contributed by atoms with Crippen molar-refractivity contribution in [3.8, 4) is 0 Å². The maximum absolute atomic E-state index is 4.44. The van der Waals surface area contributed by atoms with Crippen molar-refractivity contribution in [2.24, 2.45) is 5.92 Å². The van der Waals surface area contributed by atoms with Gasteiger partial charge in [-0.1, -0.05) is 33.3 Å². The molecule has 0 saturated carbocycles. The van der Waals surface area contributed by atoms with Gasteiger partial charge >= 0.3 is 0 Å². The Morgan fingerprint density at radius 1 is 1.40 bits per heavy atom. The average molecular weight is 275 g/mol. The molecule has 3 atom stereocenters. The van der Waals surface area contributed by atoms with Crippen molar-refractivity contribution >= 4 is 0 Å². The van der Waals surface area contributed by atoms with Gasteiger partial charge in [-0.05, 0) is 24.5 Å². The van der Waals surface area contributed by atoms with Crippen LogP contribution in [0.25, 0.3) is 0 Å². The van der Waals surface area contributed by atoms with Crippen LogP contribution in [0.1, 0.15) is 39.3 Å². The molecule has 1 aromatic rings. The fourth-order valence-corrected chi connectivity index (χ4v) is 3.03. The highest BCUT2D eigenvalue weighted by molar-refractivity contribution is 5.04. The van der Waals surface area contributed by atoms with Crippen molar-refractivity contribution in [1.29, 1.82) is 0 Å². The summed E-state index contributed by atoms with van der Waals surface area (Å²) < 4.78 is 0. The van der Waals surface area contributed by atoms with E-state index >= 15 is 0 Å². The molecular formula is C17H29N3. The summed E-state index contributed by atoms with van der Waals surface area (Å²) >= 11 is 0. The molecule has 2 heterocycles. The molecule has 112 valence electrons. The van der Waals surface area contributed by atoms with Gasteiger partial charge in [-0.25, -0.2) is 0 Å². The molecule has 0 aromatic carbocycles. The first kappa shape index (κ1) is 15.5. The van der Waals surface area contributed by atoms with Crippen molar-refractivity contribution in [1.82, 2.24) is 15.2 Å². The maximum atomic E-state index is 4.44. The molecule has 1 aliphatic rings. The van der Waals surface area contributed by atoms with Crippen molar-refractivity contribution in [2.45, 2.75) is 52.1 Å². The van der Waals surface area contributed by atoms with Gasteiger partial charge in [0.05, 0.1) is 0 Å². The summed E-state index contributed by atoms with van der Waals surface area (Å²) in [6, 6.07) is 7.53. The second kappa shape index (κ2) is 7.75. The van der Waals surface area contributed by atoms with Gasteiger partial charge in [0.1, 0.15) is 0 Å². The lowest BCUT2D eigenvalue weighted by molar-refractivity contribution is 0.107. The van der Waals surface area contributed by atoms with Crippen LogP contribution >= 0.6 is 0 Å². The zero-order valence-electron chi connectivity index (χ0n) is 13.2. The van der Waals surface area contributed by atoms with Crippen molar-refractivity contribution in [3.63, 3.8) is 0 Å². The van der Waals surface area contributed by atoms with Crippen LogP contribution < -0.4 is 5.32 Å². The topological polar surface area (TPSA) is 28.2 Å². The minimum atomic E-state index is 0.645. The van der Waals surface area contributed by atoms with Crippen LogP contribution in [0, 0.1) is 5.92 Å². The monoisotopic (exact) mass is 275 g/mol. The summed E-state index contributed by atoms with van der Waals surface area (Å²) in [5, 5.41) is 3.74. The van der Waals surface area contributed by atoms with E-state index < -0.39 is 0 Å². The molecule has 0 radical (unpaired) electrons. The second-order valence-corrected chi connectivity index (χ2v) is 6.03. The van der Waals surface area contributed by atoms with Gasteiger partial charge in [-0.15, -0.1) is 0 Å². The number of hydrogen-bond acceptors (Lipinski definition) is 3. The van der Waals surface area contributed by atoms with E-state index in [4.69, 9.17) is 0 Å². The van der Waals surface area contributed by atoms with Gasteiger partial charge < -0.3 is 5.32 Å². The molecule has 0 aliphatic carbocycles. The largest absolute Gasteiger partial charge is 0.311 e. The van der Waals surface area contributed by atoms with Crippen LogP contribution in [0.15, 0.2) is 24.4 Å². The lowest BCUT2D eigenvalue weighted by Crippen LogP contribution is -2.58. The Balaban J connectivity index is 1.91. The summed E-state index contributed by atoms with van der Waals surface area (Å²) in [5.41, 5.74) is 1.21. The van der Waals surface area contributed by atoms with Crippen molar-refractivity contribution in [2.75, 3.05) is 19.6 Å². The Hall–Kier alpha value is -0.930. The molecule has 3 unspecified atom stereocenters. The highest BCUT2D eigenvalue weighted by Gasteiger charge is 2.28. The van der Waals surface area contributed by atoms with E-state index in [0.29, 0.717) is 12.1 Å². The predicted octanol–water partition coefficient (Wildman–Crippen LogP) is 2.72. The number of nitrogens with zero attached hydrogens (tertiary/aromatic N) is 2. The Bertz CT molecular complexity index is 379. The first-order valence-corrected chi connectivity index (χ1v) is 8.11. The third-order valence-corrected chi connectivity index (χ3v) is 4.75. The van der Waals surface area contributed by atoms with Gasteiger partial charge in [0.2, 0.25) is 0 Å². The van der Waals surface area contributed by atoms with E-state index in [2.05, 4.69) is 48.1 Å². The minimum absolute atomic E-state index is 0.645. The SMILES string of the molecule is CCC(C)C1CN(CCc2ccccn2)C(CC)CN1. The lowest BCUT2D eigenvalue weighted by atomic mass is 9.94. The Kier molecular flexibility index (Phi) is 5.99. The number of nitrogens with one attached hydrogen (secondary N) is 1. The van der Waals surface area contributed by atoms with Crippen LogP contribution in [-0.2, 0) is 6.42 Å². The number of pyridine rings is 1. The molecule has 0 spiro atoms. The zero-order valence-corrected chi connectivity index (χ0v) is 13.2. The van der Waals surface area contributed by atoms with E-state index in [9.17, 15) is 0 Å². The first-order valence-electron chi connectivity index (χ1n) is 8.11. The molecule has 1 N–H and O–H groups in total. The number of aromatic nitrogens is 1. The molecule has 3 nitrogen and oxygen atoms in total. The molecule has 3 heteroatoms. The first-order chi connectivity index (χ1) is 9.74. The quantitative estimate of drug-likeness (QED) is 0.865. The normalized spacial score (nSPS) is 25.6. The molecule has 1 saturated heterocycles. The number of piperazine rings is 1. The third-order valence-electron chi connectivity index (χ3n) is 4.75. The maximum Gasteiger partial charge on any atom is 0.0416 e. The van der Waals surface area contributed by atoms with Crippen LogP contribution in [0.3, 0.4) is 0 Å². The Morgan fingerprint density at radius 3 is 2.90 bits per heavy atom. The summed E-state index contributed by atoms with van der Waals surface area (Å²) in [5.74, 6) is 0.755. The highest BCUT2D eigenvalue weighted by Crippen LogP contribution is 2.17. The smallest absolute Gasteiger partial charge is 0.0416 e.